The molecule has 35 heavy (non-hydrogen) atoms. The molecule has 1 unspecified atom stereocenters. The third kappa shape index (κ3) is 6.13. The number of nitriles is 1. The fourth-order valence-corrected chi connectivity index (χ4v) is 5.32. The van der Waals surface area contributed by atoms with E-state index in [0.29, 0.717) is 36.6 Å². The monoisotopic (exact) mass is 490 g/mol. The first kappa shape index (κ1) is 24.2. The summed E-state index contributed by atoms with van der Waals surface area (Å²) in [5.41, 5.74) is 3.24. The number of amides is 2. The largest absolute Gasteiger partial charge is 0.449 e. The van der Waals surface area contributed by atoms with Gasteiger partial charge in [0.2, 0.25) is 5.91 Å². The number of ether oxygens (including phenoxy) is 1. The Morgan fingerprint density at radius 1 is 1.37 bits per heavy atom. The Bertz CT molecular complexity index is 1260. The Morgan fingerprint density at radius 3 is 3.03 bits per heavy atom. The number of anilines is 1. The first-order valence-corrected chi connectivity index (χ1v) is 12.2. The van der Waals surface area contributed by atoms with Gasteiger partial charge in [0.1, 0.15) is 11.1 Å². The standard InChI is InChI=1S/C25H26N6O3S/c1-2-31-19(9-11-29-31)15-28-25(33)34-16-18-5-7-20-21(13-26)24(35-22(20)12-18)30-23(32)8-6-17-4-3-10-27-14-17/h3-4,6,8-11,14,18H,2,5,7,12,15-16H2,1H3,(H,28,33)(H,30,32)/b8-6+. The van der Waals surface area contributed by atoms with E-state index in [9.17, 15) is 14.9 Å². The van der Waals surface area contributed by atoms with Crippen LogP contribution in [0.5, 0.6) is 0 Å². The van der Waals surface area contributed by atoms with Crippen LogP contribution < -0.4 is 10.6 Å². The van der Waals surface area contributed by atoms with Crippen molar-refractivity contribution in [2.45, 2.75) is 39.3 Å². The van der Waals surface area contributed by atoms with Gasteiger partial charge in [-0.2, -0.15) is 10.4 Å². The van der Waals surface area contributed by atoms with Crippen LogP contribution in [0, 0.1) is 17.2 Å². The van der Waals surface area contributed by atoms with Gasteiger partial charge in [-0.3, -0.25) is 14.5 Å². The van der Waals surface area contributed by atoms with Gasteiger partial charge in [0.15, 0.2) is 0 Å². The van der Waals surface area contributed by atoms with E-state index >= 15 is 0 Å². The lowest BCUT2D eigenvalue weighted by Crippen LogP contribution is -2.28. The molecule has 0 bridgehead atoms. The number of aromatic nitrogens is 3. The first-order valence-electron chi connectivity index (χ1n) is 11.4. The topological polar surface area (TPSA) is 122 Å². The van der Waals surface area contributed by atoms with Crippen molar-refractivity contribution < 1.29 is 14.3 Å². The zero-order valence-electron chi connectivity index (χ0n) is 19.4. The molecule has 4 rings (SSSR count). The van der Waals surface area contributed by atoms with E-state index in [-0.39, 0.29) is 11.8 Å². The molecule has 2 N–H and O–H groups in total. The fourth-order valence-electron chi connectivity index (χ4n) is 4.01. The lowest BCUT2D eigenvalue weighted by atomic mass is 9.88. The second-order valence-corrected chi connectivity index (χ2v) is 9.23. The molecule has 10 heteroatoms. The lowest BCUT2D eigenvalue weighted by molar-refractivity contribution is -0.111. The van der Waals surface area contributed by atoms with Crippen LogP contribution in [0.2, 0.25) is 0 Å². The fraction of sp³-hybridized carbons (Fsp3) is 0.320. The maximum absolute atomic E-state index is 12.4. The first-order chi connectivity index (χ1) is 17.1. The Hall–Kier alpha value is -3.97. The SMILES string of the molecule is CCn1nccc1CNC(=O)OCC1CCc2c(sc(NC(=O)/C=C/c3cccnc3)c2C#N)C1. The Balaban J connectivity index is 1.31. The van der Waals surface area contributed by atoms with Gasteiger partial charge < -0.3 is 15.4 Å². The van der Waals surface area contributed by atoms with Crippen molar-refractivity contribution in [2.75, 3.05) is 11.9 Å². The molecule has 0 fully saturated rings. The summed E-state index contributed by atoms with van der Waals surface area (Å²) in [6, 6.07) is 7.76. The number of fused-ring (bicyclic) bond motifs is 1. The van der Waals surface area contributed by atoms with Gasteiger partial charge >= 0.3 is 6.09 Å². The highest BCUT2D eigenvalue weighted by molar-refractivity contribution is 7.16. The number of thiophene rings is 1. The van der Waals surface area contributed by atoms with E-state index in [0.717, 1.165) is 34.7 Å². The summed E-state index contributed by atoms with van der Waals surface area (Å²) in [4.78, 5) is 29.6. The highest BCUT2D eigenvalue weighted by Gasteiger charge is 2.27. The minimum Gasteiger partial charge on any atom is -0.449 e. The minimum absolute atomic E-state index is 0.161. The number of carbonyl (C=O) groups is 2. The van der Waals surface area contributed by atoms with Crippen molar-refractivity contribution in [1.29, 1.82) is 5.26 Å². The third-order valence-electron chi connectivity index (χ3n) is 5.80. The lowest BCUT2D eigenvalue weighted by Gasteiger charge is -2.21. The molecular formula is C25H26N6O3S. The van der Waals surface area contributed by atoms with Gasteiger partial charge in [-0.05, 0) is 61.4 Å². The molecule has 3 aromatic heterocycles. The Morgan fingerprint density at radius 2 is 2.26 bits per heavy atom. The Labute approximate surface area is 207 Å². The number of alkyl carbamates (subject to hydrolysis) is 1. The van der Waals surface area contributed by atoms with Gasteiger partial charge in [-0.1, -0.05) is 6.07 Å². The quantitative estimate of drug-likeness (QED) is 0.462. The smallest absolute Gasteiger partial charge is 0.407 e. The van der Waals surface area contributed by atoms with Gasteiger partial charge in [0.25, 0.3) is 0 Å². The average molecular weight is 491 g/mol. The number of aryl methyl sites for hydroxylation is 1. The molecule has 1 atom stereocenters. The number of hydrogen-bond donors (Lipinski definition) is 2. The molecule has 2 amide bonds. The molecule has 3 aromatic rings. The number of nitrogens with zero attached hydrogens (tertiary/aromatic N) is 4. The molecule has 0 saturated heterocycles. The van der Waals surface area contributed by atoms with Crippen LogP contribution in [-0.4, -0.2) is 33.4 Å². The van der Waals surface area contributed by atoms with E-state index in [4.69, 9.17) is 4.74 Å². The molecule has 9 nitrogen and oxygen atoms in total. The van der Waals surface area contributed by atoms with Gasteiger partial charge in [-0.25, -0.2) is 4.79 Å². The predicted molar refractivity (Wildman–Crippen MR) is 133 cm³/mol. The zero-order chi connectivity index (χ0) is 24.6. The summed E-state index contributed by atoms with van der Waals surface area (Å²) in [5, 5.41) is 20.0. The summed E-state index contributed by atoms with van der Waals surface area (Å²) in [6.07, 6.45) is 9.90. The zero-order valence-corrected chi connectivity index (χ0v) is 20.2. The highest BCUT2D eigenvalue weighted by atomic mass is 32.1. The summed E-state index contributed by atoms with van der Waals surface area (Å²) in [6.45, 7) is 3.38. The molecule has 0 radical (unpaired) electrons. The van der Waals surface area contributed by atoms with Crippen LogP contribution in [0.25, 0.3) is 6.08 Å². The van der Waals surface area contributed by atoms with E-state index in [2.05, 4.69) is 26.8 Å². The molecule has 0 aromatic carbocycles. The number of carbonyl (C=O) groups excluding carboxylic acids is 2. The maximum atomic E-state index is 12.4. The van der Waals surface area contributed by atoms with E-state index in [1.807, 2.05) is 23.7 Å². The molecule has 180 valence electrons. The van der Waals surface area contributed by atoms with Crippen molar-refractivity contribution in [3.8, 4) is 6.07 Å². The molecule has 0 saturated carbocycles. The van der Waals surface area contributed by atoms with Crippen LogP contribution in [0.1, 0.15) is 40.6 Å². The molecular weight excluding hydrogens is 464 g/mol. The van der Waals surface area contributed by atoms with Crippen molar-refractivity contribution in [3.05, 3.63) is 70.1 Å². The van der Waals surface area contributed by atoms with Crippen LogP contribution in [0.4, 0.5) is 9.80 Å². The summed E-state index contributed by atoms with van der Waals surface area (Å²) >= 11 is 1.42. The molecule has 1 aliphatic carbocycles. The Kier molecular flexibility index (Phi) is 7.90. The second kappa shape index (κ2) is 11.4. The molecule has 1 aliphatic rings. The summed E-state index contributed by atoms with van der Waals surface area (Å²) < 4.78 is 7.26. The normalized spacial score (nSPS) is 14.8. The number of pyridine rings is 1. The van der Waals surface area contributed by atoms with Gasteiger partial charge in [-0.15, -0.1) is 11.3 Å². The molecule has 0 aliphatic heterocycles. The average Bonchev–Trinajstić information content (AvgIpc) is 3.48. The van der Waals surface area contributed by atoms with Crippen molar-refractivity contribution in [2.24, 2.45) is 5.92 Å². The molecule has 0 spiro atoms. The number of hydrogen-bond acceptors (Lipinski definition) is 7. The van der Waals surface area contributed by atoms with Crippen molar-refractivity contribution in [3.63, 3.8) is 0 Å². The minimum atomic E-state index is -0.461. The number of rotatable bonds is 8. The van der Waals surface area contributed by atoms with Crippen LogP contribution in [-0.2, 0) is 35.5 Å². The third-order valence-corrected chi connectivity index (χ3v) is 6.97. The predicted octanol–water partition coefficient (Wildman–Crippen LogP) is 3.91. The van der Waals surface area contributed by atoms with E-state index in [1.165, 1.54) is 17.4 Å². The van der Waals surface area contributed by atoms with Crippen LogP contribution in [0.3, 0.4) is 0 Å². The highest BCUT2D eigenvalue weighted by Crippen LogP contribution is 2.39. The van der Waals surface area contributed by atoms with Crippen LogP contribution in [0.15, 0.2) is 42.9 Å². The van der Waals surface area contributed by atoms with Gasteiger partial charge in [0, 0.05) is 36.1 Å². The maximum Gasteiger partial charge on any atom is 0.407 e. The van der Waals surface area contributed by atoms with Crippen LogP contribution >= 0.6 is 11.3 Å². The summed E-state index contributed by atoms with van der Waals surface area (Å²) in [7, 11) is 0. The van der Waals surface area contributed by atoms with Crippen molar-refractivity contribution in [1.82, 2.24) is 20.1 Å². The van der Waals surface area contributed by atoms with Gasteiger partial charge in [0.05, 0.1) is 24.4 Å². The molecule has 3 heterocycles. The summed E-state index contributed by atoms with van der Waals surface area (Å²) in [5.74, 6) is -0.140. The van der Waals surface area contributed by atoms with E-state index < -0.39 is 6.09 Å². The second-order valence-electron chi connectivity index (χ2n) is 8.13. The van der Waals surface area contributed by atoms with E-state index in [1.54, 1.807) is 30.7 Å². The number of nitrogens with one attached hydrogen (secondary N) is 2. The van der Waals surface area contributed by atoms with Crippen molar-refractivity contribution >= 4 is 34.4 Å².